The average Bonchev–Trinajstić information content (AvgIpc) is 1.31. The van der Waals surface area contributed by atoms with Crippen LogP contribution in [-0.4, -0.2) is 10.5 Å². The van der Waals surface area contributed by atoms with Gasteiger partial charge in [0, 0.05) is 6.26 Å². The molecule has 0 radical (unpaired) electrons. The molecular weight excluding hydrogens is 188 g/mol. The normalized spacial score (nSPS) is 16.1. The van der Waals surface area contributed by atoms with E-state index in [-0.39, 0.29) is 0 Å². The first-order valence-electron chi connectivity index (χ1n) is 1.29. The molecule has 0 aromatic rings. The molecular formula is CH4OS5. The van der Waals surface area contributed by atoms with Gasteiger partial charge in [0.2, 0.25) is 0 Å². The fourth-order valence-electron chi connectivity index (χ4n) is 0. The molecule has 1 atom stereocenters. The lowest BCUT2D eigenvalue weighted by atomic mass is 12.0. The monoisotopic (exact) mass is 192 g/mol. The predicted molar refractivity (Wildman–Crippen MR) is 44.9 cm³/mol. The van der Waals surface area contributed by atoms with E-state index in [0.717, 1.165) is 0 Å². The topological polar surface area (TPSA) is 17.1 Å². The van der Waals surface area contributed by atoms with Crippen molar-refractivity contribution in [1.82, 2.24) is 0 Å². The highest BCUT2D eigenvalue weighted by atomic mass is 33.6. The summed E-state index contributed by atoms with van der Waals surface area (Å²) in [5, 5.41) is 0. The van der Waals surface area contributed by atoms with Crippen LogP contribution >= 0.6 is 0 Å². The highest BCUT2D eigenvalue weighted by Crippen LogP contribution is 1.81. The molecule has 44 valence electrons. The van der Waals surface area contributed by atoms with Gasteiger partial charge in [0.1, 0.15) is 0 Å². The number of hydrogen-bond acceptors (Lipinski definition) is 4. The summed E-state index contributed by atoms with van der Waals surface area (Å²) >= 11 is 13.6. The van der Waals surface area contributed by atoms with E-state index >= 15 is 0 Å². The Morgan fingerprint density at radius 3 is 1.71 bits per heavy atom. The molecule has 0 aromatic carbocycles. The van der Waals surface area contributed by atoms with Crippen molar-refractivity contribution in [3.05, 3.63) is 0 Å². The molecule has 0 aliphatic carbocycles. The average molecular weight is 192 g/mol. The fourth-order valence-corrected chi connectivity index (χ4v) is 0. The third-order valence-corrected chi connectivity index (χ3v) is 9.26. The van der Waals surface area contributed by atoms with Crippen LogP contribution in [0.1, 0.15) is 0 Å². The Bertz CT molecular complexity index is 196. The van der Waals surface area contributed by atoms with Gasteiger partial charge in [0.15, 0.2) is 0 Å². The Balaban J connectivity index is 4.82. The van der Waals surface area contributed by atoms with Crippen LogP contribution in [0.3, 0.4) is 0 Å². The van der Waals surface area contributed by atoms with Gasteiger partial charge >= 0.3 is 0 Å². The minimum Gasteiger partial charge on any atom is -0.248 e. The quantitative estimate of drug-likeness (QED) is 0.447. The van der Waals surface area contributed by atoms with E-state index < -0.39 is 14.6 Å². The van der Waals surface area contributed by atoms with E-state index in [4.69, 9.17) is 0 Å². The minimum atomic E-state index is -1.75. The van der Waals surface area contributed by atoms with E-state index in [9.17, 15) is 4.21 Å². The Kier molecular flexibility index (Phi) is 3.07. The summed E-state index contributed by atoms with van der Waals surface area (Å²) < 4.78 is 10.3. The molecule has 0 amide bonds. The Morgan fingerprint density at radius 1 is 1.57 bits per heavy atom. The summed E-state index contributed by atoms with van der Waals surface area (Å²) in [5.41, 5.74) is 0. The molecule has 7 heavy (non-hydrogen) atoms. The molecule has 0 saturated heterocycles. The van der Waals surface area contributed by atoms with Crippen molar-refractivity contribution < 1.29 is 4.21 Å². The highest BCUT2D eigenvalue weighted by molar-refractivity contribution is 8.97. The molecule has 0 aliphatic heterocycles. The summed E-state index contributed by atoms with van der Waals surface area (Å²) in [7, 11) is -1.70. The largest absolute Gasteiger partial charge is 0.248 e. The number of hydrogen-bond donors (Lipinski definition) is 1. The maximum Gasteiger partial charge on any atom is 0.0776 e. The Hall–Kier alpha value is 1.16. The molecule has 0 rings (SSSR count). The van der Waals surface area contributed by atoms with E-state index in [1.165, 1.54) is 0 Å². The second-order valence-electron chi connectivity index (χ2n) is 0.957. The lowest BCUT2D eigenvalue weighted by Crippen LogP contribution is -1.89. The van der Waals surface area contributed by atoms with Crippen LogP contribution in [0.5, 0.6) is 0 Å². The van der Waals surface area contributed by atoms with E-state index in [0.29, 0.717) is 0 Å². The molecule has 1 unspecified atom stereocenters. The van der Waals surface area contributed by atoms with Crippen LogP contribution in [0, 0.1) is 0 Å². The van der Waals surface area contributed by atoms with Crippen molar-refractivity contribution in [3.8, 4) is 0 Å². The highest BCUT2D eigenvalue weighted by Gasteiger charge is 1.85. The smallest absolute Gasteiger partial charge is 0.0776 e. The fraction of sp³-hybridized carbons (Fsp3) is 1.00. The van der Waals surface area contributed by atoms with Crippen LogP contribution in [0.25, 0.3) is 0 Å². The van der Waals surface area contributed by atoms with Gasteiger partial charge in [-0.15, -0.1) is 0 Å². The summed E-state index contributed by atoms with van der Waals surface area (Å²) in [4.78, 5) is 0. The van der Waals surface area contributed by atoms with Crippen molar-refractivity contribution in [2.45, 2.75) is 0 Å². The third kappa shape index (κ3) is 3.72. The predicted octanol–water partition coefficient (Wildman–Crippen LogP) is -0.448. The summed E-state index contributed by atoms with van der Waals surface area (Å²) in [6.45, 7) is 0. The summed E-state index contributed by atoms with van der Waals surface area (Å²) in [5.74, 6) is 0. The van der Waals surface area contributed by atoms with Gasteiger partial charge in [-0.05, 0) is 39.7 Å². The molecule has 0 aliphatic rings. The molecule has 0 spiro atoms. The van der Waals surface area contributed by atoms with Crippen LogP contribution < -0.4 is 0 Å². The standard InChI is InChI=1S/CH4OS5/c1-7(4,5)6(2)3/h6H,1H3. The van der Waals surface area contributed by atoms with Gasteiger partial charge in [-0.25, -0.2) is 4.21 Å². The summed E-state index contributed by atoms with van der Waals surface area (Å²) in [6, 6.07) is 0. The lowest BCUT2D eigenvalue weighted by molar-refractivity contribution is 0.700. The van der Waals surface area contributed by atoms with Crippen LogP contribution in [-0.2, 0) is 48.1 Å². The first-order chi connectivity index (χ1) is 2.94. The zero-order chi connectivity index (χ0) is 6.08. The second-order valence-corrected chi connectivity index (χ2v) is 13.9. The van der Waals surface area contributed by atoms with Gasteiger partial charge in [-0.3, -0.25) is 0 Å². The molecule has 0 fully saturated rings. The zero-order valence-corrected chi connectivity index (χ0v) is 7.65. The van der Waals surface area contributed by atoms with Crippen LogP contribution in [0.2, 0.25) is 0 Å². The zero-order valence-electron chi connectivity index (χ0n) is 3.49. The van der Waals surface area contributed by atoms with Crippen molar-refractivity contribution in [3.63, 3.8) is 0 Å². The molecule has 0 N–H and O–H groups in total. The SMILES string of the molecule is CS(=S)(=S)[SH](=O)=S. The Labute approximate surface area is 58.4 Å². The van der Waals surface area contributed by atoms with E-state index in [2.05, 4.69) is 33.6 Å². The lowest BCUT2D eigenvalue weighted by Gasteiger charge is -1.85. The second kappa shape index (κ2) is 2.63. The van der Waals surface area contributed by atoms with Crippen LogP contribution in [0.4, 0.5) is 0 Å². The van der Waals surface area contributed by atoms with Crippen LogP contribution in [0.15, 0.2) is 0 Å². The van der Waals surface area contributed by atoms with Gasteiger partial charge in [0.05, 0.1) is 8.39 Å². The van der Waals surface area contributed by atoms with Crippen molar-refractivity contribution in [2.24, 2.45) is 0 Å². The van der Waals surface area contributed by atoms with Crippen molar-refractivity contribution in [1.29, 1.82) is 0 Å². The molecule has 6 heteroatoms. The molecule has 0 saturated carbocycles. The molecule has 0 aromatic heterocycles. The number of rotatable bonds is 1. The number of thiol groups is 1. The molecule has 1 nitrogen and oxygen atoms in total. The maximum atomic E-state index is 10.3. The summed E-state index contributed by atoms with van der Waals surface area (Å²) in [6.07, 6.45) is -0.163. The van der Waals surface area contributed by atoms with E-state index in [1.807, 2.05) is 0 Å². The van der Waals surface area contributed by atoms with Gasteiger partial charge in [0.25, 0.3) is 0 Å². The molecule has 0 heterocycles. The maximum absolute atomic E-state index is 10.3. The first-order valence-corrected chi connectivity index (χ1v) is 8.06. The first kappa shape index (κ1) is 8.16. The van der Waals surface area contributed by atoms with Crippen molar-refractivity contribution in [2.75, 3.05) is 6.26 Å². The van der Waals surface area contributed by atoms with E-state index in [1.54, 1.807) is 6.26 Å². The van der Waals surface area contributed by atoms with Gasteiger partial charge < -0.3 is 0 Å². The Morgan fingerprint density at radius 2 is 1.71 bits per heavy atom. The van der Waals surface area contributed by atoms with Crippen molar-refractivity contribution >= 4 is 48.1 Å². The van der Waals surface area contributed by atoms with Gasteiger partial charge in [-0.2, -0.15) is 0 Å². The third-order valence-electron chi connectivity index (χ3n) is 0.271. The minimum absolute atomic E-state index is 1.59. The van der Waals surface area contributed by atoms with Gasteiger partial charge in [-0.1, -0.05) is 0 Å². The molecule has 0 bridgehead atoms.